The van der Waals surface area contributed by atoms with E-state index in [1.54, 1.807) is 0 Å². The number of nitrogens with zero attached hydrogens (tertiary/aromatic N) is 1. The van der Waals surface area contributed by atoms with Crippen LogP contribution in [0.4, 0.5) is 0 Å². The second-order valence-electron chi connectivity index (χ2n) is 13.5. The number of carbonyl (C=O) groups is 3. The summed E-state index contributed by atoms with van der Waals surface area (Å²) < 4.78 is 22.2. The summed E-state index contributed by atoms with van der Waals surface area (Å²) in [7, 11) is 5.86. The third-order valence-corrected chi connectivity index (χ3v) is 7.47. The zero-order valence-electron chi connectivity index (χ0n) is 32.4. The van der Waals surface area contributed by atoms with Gasteiger partial charge in [0.2, 0.25) is 0 Å². The van der Waals surface area contributed by atoms with Crippen LogP contribution in [0.5, 0.6) is 0 Å². The maximum absolute atomic E-state index is 12.6. The molecule has 2 atom stereocenters. The van der Waals surface area contributed by atoms with E-state index in [9.17, 15) is 19.5 Å². The van der Waals surface area contributed by atoms with Crippen LogP contribution >= 0.6 is 0 Å². The SMILES string of the molecule is CC/C=C\C/C=C\C/C=C\C/C=C\C/C=C\C/C=C\CCCCC(=O)OC(COC(=O)CCCCCCC)COC(OCC[N+](C)(C)C)C(=O)[O-]. The fraction of sp³-hybridized carbons (Fsp3) is 0.643. The maximum Gasteiger partial charge on any atom is 0.306 e. The number of likely N-dealkylation sites (N-methyl/N-ethyl adjacent to an activating group) is 1. The van der Waals surface area contributed by atoms with Gasteiger partial charge in [-0.3, -0.25) is 9.59 Å². The first-order valence-electron chi connectivity index (χ1n) is 19.1. The molecule has 0 aliphatic carbocycles. The smallest absolute Gasteiger partial charge is 0.306 e. The summed E-state index contributed by atoms with van der Waals surface area (Å²) >= 11 is 0. The summed E-state index contributed by atoms with van der Waals surface area (Å²) in [6.45, 7) is 4.43. The van der Waals surface area contributed by atoms with Crippen LogP contribution in [-0.2, 0) is 33.3 Å². The van der Waals surface area contributed by atoms with E-state index < -0.39 is 24.3 Å². The summed E-state index contributed by atoms with van der Waals surface area (Å²) in [6.07, 6.45) is 37.0. The molecule has 0 rings (SSSR count). The Morgan fingerprint density at radius 3 is 1.65 bits per heavy atom. The van der Waals surface area contributed by atoms with E-state index in [4.69, 9.17) is 18.9 Å². The number of hydrogen-bond acceptors (Lipinski definition) is 8. The average molecular weight is 716 g/mol. The standard InChI is InChI=1S/C42H69NO8/c1-6-8-10-12-13-14-15-16-17-18-19-20-21-22-23-24-25-26-27-29-31-33-40(45)51-38(36-49-39(44)32-30-28-11-9-7-2)37-50-42(41(46)47)48-35-34-43(3,4)5/h8,10,13-14,16-17,19-20,22-23,25-26,38,42H,6-7,9,11-12,15,18,21,24,27-37H2,1-5H3/b10-8-,14-13-,17-16-,20-19-,23-22-,26-25-. The third-order valence-electron chi connectivity index (χ3n) is 7.47. The van der Waals surface area contributed by atoms with Gasteiger partial charge in [0.15, 0.2) is 12.4 Å². The Bertz CT molecular complexity index is 1070. The minimum atomic E-state index is -1.63. The predicted molar refractivity (Wildman–Crippen MR) is 204 cm³/mol. The molecule has 0 aliphatic rings. The van der Waals surface area contributed by atoms with E-state index in [-0.39, 0.29) is 38.6 Å². The lowest BCUT2D eigenvalue weighted by Crippen LogP contribution is -2.44. The zero-order valence-corrected chi connectivity index (χ0v) is 32.4. The van der Waals surface area contributed by atoms with Gasteiger partial charge >= 0.3 is 11.9 Å². The van der Waals surface area contributed by atoms with Crippen molar-refractivity contribution >= 4 is 17.9 Å². The van der Waals surface area contributed by atoms with E-state index in [0.29, 0.717) is 17.4 Å². The first kappa shape index (κ1) is 47.7. The fourth-order valence-corrected chi connectivity index (χ4v) is 4.48. The van der Waals surface area contributed by atoms with Crippen molar-refractivity contribution in [2.24, 2.45) is 0 Å². The van der Waals surface area contributed by atoms with Gasteiger partial charge in [0.05, 0.1) is 40.3 Å². The van der Waals surface area contributed by atoms with Crippen molar-refractivity contribution in [2.45, 2.75) is 129 Å². The van der Waals surface area contributed by atoms with E-state index in [2.05, 4.69) is 86.8 Å². The number of unbranched alkanes of at least 4 members (excludes halogenated alkanes) is 6. The highest BCUT2D eigenvalue weighted by molar-refractivity contribution is 5.70. The van der Waals surface area contributed by atoms with Crippen molar-refractivity contribution in [1.29, 1.82) is 0 Å². The Balaban J connectivity index is 4.48. The average Bonchev–Trinajstić information content (AvgIpc) is 3.08. The Hall–Kier alpha value is -3.27. The second kappa shape index (κ2) is 33.9. The number of quaternary nitrogens is 1. The Morgan fingerprint density at radius 1 is 0.608 bits per heavy atom. The molecule has 0 fully saturated rings. The van der Waals surface area contributed by atoms with Gasteiger partial charge in [-0.25, -0.2) is 0 Å². The minimum Gasteiger partial charge on any atom is -0.545 e. The highest BCUT2D eigenvalue weighted by Crippen LogP contribution is 2.10. The van der Waals surface area contributed by atoms with Gasteiger partial charge < -0.3 is 33.3 Å². The summed E-state index contributed by atoms with van der Waals surface area (Å²) in [6, 6.07) is 0. The molecule has 9 nitrogen and oxygen atoms in total. The van der Waals surface area contributed by atoms with Gasteiger partial charge in [-0.05, 0) is 64.2 Å². The number of rotatable bonds is 33. The van der Waals surface area contributed by atoms with Crippen LogP contribution in [0.2, 0.25) is 0 Å². The molecule has 290 valence electrons. The minimum absolute atomic E-state index is 0.135. The monoisotopic (exact) mass is 716 g/mol. The van der Waals surface area contributed by atoms with Crippen molar-refractivity contribution < 1.29 is 42.9 Å². The molecule has 0 amide bonds. The van der Waals surface area contributed by atoms with E-state index in [1.807, 2.05) is 21.1 Å². The number of carboxylic acid groups (broad SMARTS) is 1. The Labute approximate surface area is 309 Å². The molecule has 0 bridgehead atoms. The number of carbonyl (C=O) groups excluding carboxylic acids is 3. The molecule has 0 aromatic rings. The molecule has 0 spiro atoms. The van der Waals surface area contributed by atoms with Crippen LogP contribution in [-0.4, -0.2) is 82.3 Å². The van der Waals surface area contributed by atoms with Crippen molar-refractivity contribution in [3.05, 3.63) is 72.9 Å². The Morgan fingerprint density at radius 2 is 1.12 bits per heavy atom. The first-order valence-corrected chi connectivity index (χ1v) is 19.1. The molecule has 0 radical (unpaired) electrons. The van der Waals surface area contributed by atoms with Crippen LogP contribution in [0.1, 0.15) is 117 Å². The van der Waals surface area contributed by atoms with Crippen LogP contribution in [0.3, 0.4) is 0 Å². The maximum atomic E-state index is 12.6. The molecule has 0 heterocycles. The lowest BCUT2D eigenvalue weighted by molar-refractivity contribution is -0.870. The molecule has 9 heteroatoms. The molecule has 0 aromatic carbocycles. The summed E-state index contributed by atoms with van der Waals surface area (Å²) in [5.41, 5.74) is 0. The Kier molecular flexibility index (Phi) is 31.7. The number of ether oxygens (including phenoxy) is 4. The van der Waals surface area contributed by atoms with Gasteiger partial charge in [-0.15, -0.1) is 0 Å². The molecular formula is C42H69NO8. The highest BCUT2D eigenvalue weighted by atomic mass is 16.7. The van der Waals surface area contributed by atoms with Gasteiger partial charge in [0.25, 0.3) is 0 Å². The lowest BCUT2D eigenvalue weighted by Gasteiger charge is -2.26. The van der Waals surface area contributed by atoms with Gasteiger partial charge in [0, 0.05) is 12.8 Å². The second-order valence-corrected chi connectivity index (χ2v) is 13.5. The molecule has 0 saturated heterocycles. The van der Waals surface area contributed by atoms with Crippen molar-refractivity contribution in [3.63, 3.8) is 0 Å². The normalized spacial score (nSPS) is 13.8. The fourth-order valence-electron chi connectivity index (χ4n) is 4.48. The van der Waals surface area contributed by atoms with Crippen LogP contribution in [0.15, 0.2) is 72.9 Å². The highest BCUT2D eigenvalue weighted by Gasteiger charge is 2.21. The number of carboxylic acids is 1. The number of allylic oxidation sites excluding steroid dienone is 12. The summed E-state index contributed by atoms with van der Waals surface area (Å²) in [5, 5.41) is 11.6. The molecule has 0 aromatic heterocycles. The molecular weight excluding hydrogens is 646 g/mol. The van der Waals surface area contributed by atoms with Gasteiger partial charge in [0.1, 0.15) is 13.2 Å². The van der Waals surface area contributed by atoms with E-state index in [0.717, 1.165) is 83.5 Å². The van der Waals surface area contributed by atoms with Gasteiger partial charge in [-0.1, -0.05) is 112 Å². The van der Waals surface area contributed by atoms with Gasteiger partial charge in [-0.2, -0.15) is 0 Å². The molecule has 0 saturated carbocycles. The number of esters is 2. The van der Waals surface area contributed by atoms with E-state index >= 15 is 0 Å². The van der Waals surface area contributed by atoms with Crippen LogP contribution in [0.25, 0.3) is 0 Å². The quantitative estimate of drug-likeness (QED) is 0.0222. The predicted octanol–water partition coefficient (Wildman–Crippen LogP) is 7.88. The van der Waals surface area contributed by atoms with Crippen molar-refractivity contribution in [1.82, 2.24) is 0 Å². The number of hydrogen-bond donors (Lipinski definition) is 0. The molecule has 0 N–H and O–H groups in total. The third kappa shape index (κ3) is 34.9. The zero-order chi connectivity index (χ0) is 37.8. The summed E-state index contributed by atoms with van der Waals surface area (Å²) in [5.74, 6) is -2.38. The molecule has 0 aliphatic heterocycles. The number of aliphatic carboxylic acids is 1. The molecule has 2 unspecified atom stereocenters. The van der Waals surface area contributed by atoms with Crippen molar-refractivity contribution in [3.8, 4) is 0 Å². The van der Waals surface area contributed by atoms with Crippen molar-refractivity contribution in [2.75, 3.05) is 47.5 Å². The van der Waals surface area contributed by atoms with Crippen LogP contribution in [0, 0.1) is 0 Å². The molecule has 51 heavy (non-hydrogen) atoms. The summed E-state index contributed by atoms with van der Waals surface area (Å²) in [4.78, 5) is 36.5. The first-order chi connectivity index (χ1) is 24.6. The topological polar surface area (TPSA) is 111 Å². The largest absolute Gasteiger partial charge is 0.545 e. The van der Waals surface area contributed by atoms with Crippen LogP contribution < -0.4 is 5.11 Å². The van der Waals surface area contributed by atoms with E-state index in [1.165, 1.54) is 0 Å². The lowest BCUT2D eigenvalue weighted by atomic mass is 10.1.